The standard InChI is InChI=1S/C33H38F3N3O2/c1-23-9-8-10-24(21-23)30(40)38-25-15-19-39(20-16-25)18-7-6-17-32(31(41)37-22-33(34,35)36)28-13-4-2-11-26(28)27-12-3-5-14-29(27)32/h2,4-5,8-11,13-14,21,25H,3,6-7,12,15-20,22H2,1H3,(H,37,41)(H,38,40). The predicted molar refractivity (Wildman–Crippen MR) is 154 cm³/mol. The van der Waals surface area contributed by atoms with Crippen LogP contribution in [-0.4, -0.2) is 55.1 Å². The van der Waals surface area contributed by atoms with E-state index in [-0.39, 0.29) is 11.9 Å². The maximum absolute atomic E-state index is 13.6. The highest BCUT2D eigenvalue weighted by Crippen LogP contribution is 2.52. The van der Waals surface area contributed by atoms with Gasteiger partial charge < -0.3 is 15.5 Å². The summed E-state index contributed by atoms with van der Waals surface area (Å²) in [5, 5.41) is 5.39. The Morgan fingerprint density at radius 1 is 1.05 bits per heavy atom. The van der Waals surface area contributed by atoms with Crippen LogP contribution in [0, 0.1) is 6.92 Å². The van der Waals surface area contributed by atoms with Gasteiger partial charge in [-0.2, -0.15) is 13.2 Å². The Bertz CT molecular complexity index is 1340. The second-order valence-electron chi connectivity index (χ2n) is 11.5. The topological polar surface area (TPSA) is 61.4 Å². The molecule has 1 atom stereocenters. The number of carbonyl (C=O) groups is 2. The first kappa shape index (κ1) is 29.1. The third-order valence-electron chi connectivity index (χ3n) is 8.66. The van der Waals surface area contributed by atoms with Crippen LogP contribution in [-0.2, 0) is 10.2 Å². The van der Waals surface area contributed by atoms with E-state index in [0.717, 1.165) is 79.6 Å². The Labute approximate surface area is 239 Å². The molecule has 1 aliphatic heterocycles. The molecule has 2 N–H and O–H groups in total. The molecule has 2 aromatic rings. The molecular weight excluding hydrogens is 527 g/mol. The first-order valence-corrected chi connectivity index (χ1v) is 14.6. The van der Waals surface area contributed by atoms with Crippen molar-refractivity contribution >= 4 is 17.4 Å². The van der Waals surface area contributed by atoms with E-state index in [1.807, 2.05) is 67.6 Å². The lowest BCUT2D eigenvalue weighted by Crippen LogP contribution is -2.47. The molecule has 0 spiro atoms. The fourth-order valence-corrected chi connectivity index (χ4v) is 6.65. The average molecular weight is 566 g/mol. The largest absolute Gasteiger partial charge is 0.405 e. The smallest absolute Gasteiger partial charge is 0.349 e. The van der Waals surface area contributed by atoms with E-state index in [1.165, 1.54) is 0 Å². The third-order valence-corrected chi connectivity index (χ3v) is 8.66. The Morgan fingerprint density at radius 2 is 1.83 bits per heavy atom. The van der Waals surface area contributed by atoms with Gasteiger partial charge in [-0.25, -0.2) is 0 Å². The molecular formula is C33H38F3N3O2. The molecule has 3 aliphatic rings. The van der Waals surface area contributed by atoms with Gasteiger partial charge in [0, 0.05) is 24.7 Å². The van der Waals surface area contributed by atoms with E-state index in [4.69, 9.17) is 0 Å². The maximum atomic E-state index is 13.6. The fourth-order valence-electron chi connectivity index (χ4n) is 6.65. The molecule has 0 saturated carbocycles. The van der Waals surface area contributed by atoms with Crippen LogP contribution in [0.4, 0.5) is 13.2 Å². The minimum Gasteiger partial charge on any atom is -0.349 e. The second kappa shape index (κ2) is 12.2. The number of unbranched alkanes of at least 4 members (excludes halogenated alkanes) is 1. The minimum absolute atomic E-state index is 0.0384. The Morgan fingerprint density at radius 3 is 2.59 bits per heavy atom. The molecule has 0 bridgehead atoms. The first-order chi connectivity index (χ1) is 19.7. The zero-order valence-corrected chi connectivity index (χ0v) is 23.5. The predicted octanol–water partition coefficient (Wildman–Crippen LogP) is 6.09. The first-order valence-electron chi connectivity index (χ1n) is 14.6. The van der Waals surface area contributed by atoms with E-state index in [9.17, 15) is 22.8 Å². The van der Waals surface area contributed by atoms with Crippen LogP contribution in [0.1, 0.15) is 72.0 Å². The van der Waals surface area contributed by atoms with Gasteiger partial charge in [-0.15, -0.1) is 0 Å². The molecule has 0 radical (unpaired) electrons. The van der Waals surface area contributed by atoms with Crippen molar-refractivity contribution in [3.05, 3.63) is 88.5 Å². The quantitative estimate of drug-likeness (QED) is 0.362. The average Bonchev–Trinajstić information content (AvgIpc) is 3.25. The third kappa shape index (κ3) is 6.43. The molecule has 41 heavy (non-hydrogen) atoms. The van der Waals surface area contributed by atoms with Gasteiger partial charge >= 0.3 is 6.18 Å². The molecule has 0 aromatic heterocycles. The number of allylic oxidation sites excluding steroid dienone is 3. The molecule has 2 aliphatic carbocycles. The number of hydrogen-bond donors (Lipinski definition) is 2. The molecule has 1 fully saturated rings. The molecule has 218 valence electrons. The van der Waals surface area contributed by atoms with Crippen LogP contribution < -0.4 is 10.6 Å². The number of amides is 2. The molecule has 1 heterocycles. The highest BCUT2D eigenvalue weighted by molar-refractivity contribution is 6.01. The SMILES string of the molecule is Cc1cccc(C(=O)NC2CCN(CCCCC3(C(=O)NCC(F)(F)F)C4=C(CCC=C4)c4ccccc43)CC2)c1. The fraction of sp³-hybridized carbons (Fsp3) is 0.455. The van der Waals surface area contributed by atoms with Crippen molar-refractivity contribution in [1.82, 2.24) is 15.5 Å². The van der Waals surface area contributed by atoms with Gasteiger partial charge in [-0.05, 0) is 86.4 Å². The number of benzene rings is 2. The number of carbonyl (C=O) groups excluding carboxylic acids is 2. The van der Waals surface area contributed by atoms with Crippen LogP contribution >= 0.6 is 0 Å². The molecule has 1 unspecified atom stereocenters. The summed E-state index contributed by atoms with van der Waals surface area (Å²) < 4.78 is 39.3. The summed E-state index contributed by atoms with van der Waals surface area (Å²) in [5.74, 6) is -0.604. The molecule has 2 aromatic carbocycles. The highest BCUT2D eigenvalue weighted by Gasteiger charge is 2.50. The maximum Gasteiger partial charge on any atom is 0.405 e. The van der Waals surface area contributed by atoms with Gasteiger partial charge in [0.25, 0.3) is 5.91 Å². The summed E-state index contributed by atoms with van der Waals surface area (Å²) >= 11 is 0. The van der Waals surface area contributed by atoms with Crippen molar-refractivity contribution in [3.8, 4) is 0 Å². The van der Waals surface area contributed by atoms with E-state index in [1.54, 1.807) is 0 Å². The second-order valence-corrected chi connectivity index (χ2v) is 11.5. The van der Waals surface area contributed by atoms with Crippen LogP contribution in [0.2, 0.25) is 0 Å². The van der Waals surface area contributed by atoms with Gasteiger partial charge in [0.15, 0.2) is 0 Å². The highest BCUT2D eigenvalue weighted by atomic mass is 19.4. The van der Waals surface area contributed by atoms with E-state index in [2.05, 4.69) is 15.5 Å². The summed E-state index contributed by atoms with van der Waals surface area (Å²) in [4.78, 5) is 28.7. The van der Waals surface area contributed by atoms with Crippen molar-refractivity contribution in [2.75, 3.05) is 26.2 Å². The number of alkyl halides is 3. The van der Waals surface area contributed by atoms with Gasteiger partial charge in [-0.3, -0.25) is 9.59 Å². The summed E-state index contributed by atoms with van der Waals surface area (Å²) in [6.45, 7) is 3.23. The molecule has 1 saturated heterocycles. The number of nitrogens with zero attached hydrogens (tertiary/aromatic N) is 1. The van der Waals surface area contributed by atoms with E-state index >= 15 is 0 Å². The number of aryl methyl sites for hydroxylation is 1. The number of nitrogens with one attached hydrogen (secondary N) is 2. The van der Waals surface area contributed by atoms with Crippen LogP contribution in [0.15, 0.2) is 66.3 Å². The normalized spacial score (nSPS) is 21.0. The summed E-state index contributed by atoms with van der Waals surface area (Å²) in [5.41, 5.74) is 4.38. The van der Waals surface area contributed by atoms with Crippen LogP contribution in [0.3, 0.4) is 0 Å². The lowest BCUT2D eigenvalue weighted by atomic mass is 9.71. The summed E-state index contributed by atoms with van der Waals surface area (Å²) in [7, 11) is 0. The number of likely N-dealkylation sites (tertiary alicyclic amines) is 1. The van der Waals surface area contributed by atoms with Crippen molar-refractivity contribution in [2.45, 2.75) is 69.5 Å². The van der Waals surface area contributed by atoms with Crippen LogP contribution in [0.25, 0.3) is 5.57 Å². The van der Waals surface area contributed by atoms with Gasteiger partial charge in [0.2, 0.25) is 5.91 Å². The zero-order valence-electron chi connectivity index (χ0n) is 23.5. The number of piperidine rings is 1. The van der Waals surface area contributed by atoms with Crippen molar-refractivity contribution < 1.29 is 22.8 Å². The lowest BCUT2D eigenvalue weighted by molar-refractivity contribution is -0.141. The lowest BCUT2D eigenvalue weighted by Gasteiger charge is -2.34. The van der Waals surface area contributed by atoms with Gasteiger partial charge in [0.1, 0.15) is 6.54 Å². The molecule has 8 heteroatoms. The van der Waals surface area contributed by atoms with Crippen LogP contribution in [0.5, 0.6) is 0 Å². The number of rotatable bonds is 9. The van der Waals surface area contributed by atoms with Crippen molar-refractivity contribution in [3.63, 3.8) is 0 Å². The Hall–Kier alpha value is -3.39. The Kier molecular flexibility index (Phi) is 8.68. The molecule has 5 nitrogen and oxygen atoms in total. The number of hydrogen-bond acceptors (Lipinski definition) is 3. The number of fused-ring (bicyclic) bond motifs is 2. The Balaban J connectivity index is 1.20. The summed E-state index contributed by atoms with van der Waals surface area (Å²) in [6.07, 6.45) is 4.90. The van der Waals surface area contributed by atoms with Gasteiger partial charge in [0.05, 0.1) is 5.41 Å². The monoisotopic (exact) mass is 565 g/mol. The molecule has 5 rings (SSSR count). The van der Waals surface area contributed by atoms with Crippen molar-refractivity contribution in [1.29, 1.82) is 0 Å². The molecule has 2 amide bonds. The number of halogens is 3. The minimum atomic E-state index is -4.47. The van der Waals surface area contributed by atoms with E-state index < -0.39 is 24.0 Å². The van der Waals surface area contributed by atoms with Gasteiger partial charge in [-0.1, -0.05) is 60.5 Å². The summed E-state index contributed by atoms with van der Waals surface area (Å²) in [6, 6.07) is 15.4. The van der Waals surface area contributed by atoms with E-state index in [0.29, 0.717) is 18.4 Å². The zero-order chi connectivity index (χ0) is 29.0. The van der Waals surface area contributed by atoms with Crippen molar-refractivity contribution in [2.24, 2.45) is 0 Å².